The number of likely N-dealkylation sites (tertiary alicyclic amines) is 1. The van der Waals surface area contributed by atoms with Crippen molar-refractivity contribution in [1.29, 1.82) is 0 Å². The second-order valence-corrected chi connectivity index (χ2v) is 7.19. The second kappa shape index (κ2) is 10.7. The predicted molar refractivity (Wildman–Crippen MR) is 101 cm³/mol. The number of rotatable bonds is 11. The van der Waals surface area contributed by atoms with Crippen LogP contribution in [-0.4, -0.2) is 58.4 Å². The summed E-state index contributed by atoms with van der Waals surface area (Å²) in [6, 6.07) is -1.42. The zero-order chi connectivity index (χ0) is 20.6. The van der Waals surface area contributed by atoms with Crippen LogP contribution in [0.5, 0.6) is 0 Å². The second-order valence-electron chi connectivity index (χ2n) is 7.19. The Bertz CT molecular complexity index is 576. The molecule has 0 spiro atoms. The lowest BCUT2D eigenvalue weighted by molar-refractivity contribution is -0.143. The summed E-state index contributed by atoms with van der Waals surface area (Å²) in [5.74, 6) is -2.44. The smallest absolute Gasteiger partial charge is 0.306 e. The van der Waals surface area contributed by atoms with Crippen LogP contribution in [0.3, 0.4) is 0 Å². The molecule has 0 aliphatic carbocycles. The Kier molecular flexibility index (Phi) is 8.97. The maximum Gasteiger partial charge on any atom is 0.306 e. The molecule has 8 heteroatoms. The third-order valence-corrected chi connectivity index (χ3v) is 4.71. The van der Waals surface area contributed by atoms with E-state index in [1.165, 1.54) is 0 Å². The summed E-state index contributed by atoms with van der Waals surface area (Å²) in [5.41, 5.74) is 0. The van der Waals surface area contributed by atoms with Gasteiger partial charge in [0.2, 0.25) is 17.7 Å². The molecule has 152 valence electrons. The number of aliphatic carboxylic acids is 1. The molecule has 1 saturated heterocycles. The van der Waals surface area contributed by atoms with E-state index in [1.54, 1.807) is 11.8 Å². The van der Waals surface area contributed by atoms with Gasteiger partial charge in [0.25, 0.3) is 0 Å². The van der Waals surface area contributed by atoms with Crippen molar-refractivity contribution in [3.63, 3.8) is 0 Å². The van der Waals surface area contributed by atoms with Gasteiger partial charge in [-0.3, -0.25) is 19.2 Å². The molecule has 1 aliphatic heterocycles. The largest absolute Gasteiger partial charge is 0.481 e. The summed E-state index contributed by atoms with van der Waals surface area (Å²) in [7, 11) is 0. The van der Waals surface area contributed by atoms with E-state index in [0.29, 0.717) is 25.8 Å². The van der Waals surface area contributed by atoms with Crippen molar-refractivity contribution in [2.24, 2.45) is 5.92 Å². The van der Waals surface area contributed by atoms with Gasteiger partial charge in [-0.25, -0.2) is 0 Å². The molecule has 3 N–H and O–H groups in total. The molecule has 3 atom stereocenters. The van der Waals surface area contributed by atoms with Crippen LogP contribution in [0, 0.1) is 5.92 Å². The van der Waals surface area contributed by atoms with Gasteiger partial charge in [-0.05, 0) is 45.6 Å². The third kappa shape index (κ3) is 7.03. The first kappa shape index (κ1) is 22.7. The predicted octanol–water partition coefficient (Wildman–Crippen LogP) is 1.06. The lowest BCUT2D eigenvalue weighted by Crippen LogP contribution is -2.52. The van der Waals surface area contributed by atoms with Crippen LogP contribution in [0.15, 0.2) is 12.7 Å². The van der Waals surface area contributed by atoms with Crippen molar-refractivity contribution in [3.05, 3.63) is 12.7 Å². The van der Waals surface area contributed by atoms with Crippen LogP contribution >= 0.6 is 0 Å². The first-order valence-electron chi connectivity index (χ1n) is 9.45. The number of carbonyl (C=O) groups excluding carboxylic acids is 3. The minimum atomic E-state index is -0.924. The summed E-state index contributed by atoms with van der Waals surface area (Å²) in [4.78, 5) is 49.7. The SMILES string of the molecule is C=CC(=O)NC(CC(CC(CC)C(=O)O)N1CCCC1=O)C(=O)NC(C)C. The van der Waals surface area contributed by atoms with Crippen molar-refractivity contribution < 1.29 is 24.3 Å². The van der Waals surface area contributed by atoms with Gasteiger partial charge in [0, 0.05) is 25.0 Å². The summed E-state index contributed by atoms with van der Waals surface area (Å²) >= 11 is 0. The number of nitrogens with zero attached hydrogens (tertiary/aromatic N) is 1. The average Bonchev–Trinajstić information content (AvgIpc) is 3.02. The van der Waals surface area contributed by atoms with Crippen LogP contribution in [0.2, 0.25) is 0 Å². The first-order chi connectivity index (χ1) is 12.7. The molecule has 1 rings (SSSR count). The fourth-order valence-corrected chi connectivity index (χ4v) is 3.30. The fraction of sp³-hybridized carbons (Fsp3) is 0.684. The molecule has 0 saturated carbocycles. The third-order valence-electron chi connectivity index (χ3n) is 4.71. The van der Waals surface area contributed by atoms with Gasteiger partial charge in [-0.15, -0.1) is 0 Å². The summed E-state index contributed by atoms with van der Waals surface area (Å²) in [6.45, 7) is 9.34. The highest BCUT2D eigenvalue weighted by molar-refractivity contribution is 5.92. The lowest BCUT2D eigenvalue weighted by atomic mass is 9.92. The molecule has 3 amide bonds. The Morgan fingerprint density at radius 2 is 1.93 bits per heavy atom. The van der Waals surface area contributed by atoms with E-state index in [4.69, 9.17) is 0 Å². The van der Waals surface area contributed by atoms with E-state index in [2.05, 4.69) is 17.2 Å². The van der Waals surface area contributed by atoms with Gasteiger partial charge in [-0.1, -0.05) is 13.5 Å². The molecule has 3 unspecified atom stereocenters. The van der Waals surface area contributed by atoms with Crippen LogP contribution < -0.4 is 10.6 Å². The van der Waals surface area contributed by atoms with Gasteiger partial charge in [0.1, 0.15) is 6.04 Å². The Hall–Kier alpha value is -2.38. The Morgan fingerprint density at radius 3 is 2.37 bits per heavy atom. The van der Waals surface area contributed by atoms with Crippen molar-refractivity contribution in [2.45, 2.75) is 71.0 Å². The van der Waals surface area contributed by atoms with Crippen molar-refractivity contribution >= 4 is 23.7 Å². The molecule has 0 aromatic heterocycles. The van der Waals surface area contributed by atoms with Crippen LogP contribution in [0.25, 0.3) is 0 Å². The zero-order valence-electron chi connectivity index (χ0n) is 16.4. The summed E-state index contributed by atoms with van der Waals surface area (Å²) in [6.07, 6.45) is 3.04. The number of hydrogen-bond acceptors (Lipinski definition) is 4. The number of amides is 3. The molecule has 0 aromatic rings. The maximum absolute atomic E-state index is 12.5. The van der Waals surface area contributed by atoms with Crippen LogP contribution in [0.4, 0.5) is 0 Å². The molecule has 0 radical (unpaired) electrons. The topological polar surface area (TPSA) is 116 Å². The molecule has 1 aliphatic rings. The molecule has 0 bridgehead atoms. The van der Waals surface area contributed by atoms with Gasteiger partial charge in [-0.2, -0.15) is 0 Å². The lowest BCUT2D eigenvalue weighted by Gasteiger charge is -2.32. The van der Waals surface area contributed by atoms with Gasteiger partial charge < -0.3 is 20.6 Å². The minimum absolute atomic E-state index is 0.0432. The number of carboxylic acid groups (broad SMARTS) is 1. The van der Waals surface area contributed by atoms with Gasteiger partial charge in [0.05, 0.1) is 5.92 Å². The van der Waals surface area contributed by atoms with Crippen molar-refractivity contribution in [3.8, 4) is 0 Å². The highest BCUT2D eigenvalue weighted by Crippen LogP contribution is 2.24. The number of hydrogen-bond donors (Lipinski definition) is 3. The first-order valence-corrected chi connectivity index (χ1v) is 9.45. The molecular weight excluding hydrogens is 350 g/mol. The van der Waals surface area contributed by atoms with Crippen molar-refractivity contribution in [2.75, 3.05) is 6.54 Å². The molecule has 8 nitrogen and oxygen atoms in total. The van der Waals surface area contributed by atoms with Crippen molar-refractivity contribution in [1.82, 2.24) is 15.5 Å². The zero-order valence-corrected chi connectivity index (χ0v) is 16.4. The Balaban J connectivity index is 3.05. The van der Waals surface area contributed by atoms with Gasteiger partial charge in [0.15, 0.2) is 0 Å². The van der Waals surface area contributed by atoms with Crippen LogP contribution in [0.1, 0.15) is 52.9 Å². The van der Waals surface area contributed by atoms with E-state index in [9.17, 15) is 24.3 Å². The highest BCUT2D eigenvalue weighted by Gasteiger charge is 2.35. The van der Waals surface area contributed by atoms with E-state index in [-0.39, 0.29) is 30.7 Å². The average molecular weight is 381 g/mol. The molecule has 0 aromatic carbocycles. The Labute approximate surface area is 160 Å². The molecule has 1 heterocycles. The fourth-order valence-electron chi connectivity index (χ4n) is 3.30. The van der Waals surface area contributed by atoms with E-state index in [0.717, 1.165) is 6.08 Å². The molecule has 1 fully saturated rings. The minimum Gasteiger partial charge on any atom is -0.481 e. The standard InChI is InChI=1S/C19H31N3O5/c1-5-13(19(26)27)10-14(22-9-7-8-17(22)24)11-15(21-16(23)6-2)18(25)20-12(3)4/h6,12-15H,2,5,7-11H2,1,3-4H3,(H,20,25)(H,21,23)(H,26,27). The highest BCUT2D eigenvalue weighted by atomic mass is 16.4. The summed E-state index contributed by atoms with van der Waals surface area (Å²) < 4.78 is 0. The molecule has 27 heavy (non-hydrogen) atoms. The quantitative estimate of drug-likeness (QED) is 0.463. The van der Waals surface area contributed by atoms with Crippen LogP contribution in [-0.2, 0) is 19.2 Å². The molecular formula is C19H31N3O5. The van der Waals surface area contributed by atoms with E-state index in [1.807, 2.05) is 13.8 Å². The Morgan fingerprint density at radius 1 is 1.26 bits per heavy atom. The normalized spacial score (nSPS) is 17.3. The maximum atomic E-state index is 12.5. The van der Waals surface area contributed by atoms with E-state index < -0.39 is 29.9 Å². The summed E-state index contributed by atoms with van der Waals surface area (Å²) in [5, 5.41) is 14.8. The van der Waals surface area contributed by atoms with E-state index >= 15 is 0 Å². The number of carbonyl (C=O) groups is 4. The van der Waals surface area contributed by atoms with Gasteiger partial charge >= 0.3 is 5.97 Å². The monoisotopic (exact) mass is 381 g/mol. The number of nitrogens with one attached hydrogen (secondary N) is 2. The number of carboxylic acids is 1.